The Morgan fingerprint density at radius 3 is 2.50 bits per heavy atom. The highest BCUT2D eigenvalue weighted by Crippen LogP contribution is 2.34. The lowest BCUT2D eigenvalue weighted by molar-refractivity contribution is -0.117. The summed E-state index contributed by atoms with van der Waals surface area (Å²) in [5.41, 5.74) is 5.81. The summed E-state index contributed by atoms with van der Waals surface area (Å²) in [7, 11) is 1.46. The van der Waals surface area contributed by atoms with E-state index in [4.69, 9.17) is 10.5 Å². The van der Waals surface area contributed by atoms with Crippen molar-refractivity contribution in [2.75, 3.05) is 13.7 Å². The van der Waals surface area contributed by atoms with Gasteiger partial charge in [-0.2, -0.15) is 0 Å². The maximum atomic E-state index is 12.4. The van der Waals surface area contributed by atoms with Crippen LogP contribution >= 0.6 is 24.2 Å². The molecule has 2 aromatic rings. The summed E-state index contributed by atoms with van der Waals surface area (Å²) in [6.45, 7) is 0.119. The van der Waals surface area contributed by atoms with E-state index in [1.807, 2.05) is 0 Å². The molecule has 0 aliphatic carbocycles. The minimum absolute atomic E-state index is 0. The number of aromatic nitrogens is 1. The van der Waals surface area contributed by atoms with E-state index in [1.54, 1.807) is 30.3 Å². The first kappa shape index (κ1) is 21.5. The average molecular weight is 396 g/mol. The first-order valence-electron chi connectivity index (χ1n) is 7.38. The molecule has 0 unspecified atom stereocenters. The highest BCUT2D eigenvalue weighted by atomic mass is 35.5. The van der Waals surface area contributed by atoms with Crippen molar-refractivity contribution in [2.45, 2.75) is 11.3 Å². The second kappa shape index (κ2) is 10.4. The zero-order valence-corrected chi connectivity index (χ0v) is 15.6. The molecule has 0 bridgehead atoms. The van der Waals surface area contributed by atoms with E-state index in [-0.39, 0.29) is 36.1 Å². The third kappa shape index (κ3) is 5.75. The number of amides is 2. The molecule has 0 radical (unpaired) electrons. The van der Waals surface area contributed by atoms with Gasteiger partial charge in [-0.15, -0.1) is 12.4 Å². The molecule has 0 aliphatic rings. The SMILES string of the molecule is COc1cccc(C(=O)NCCC(N)=O)c1SC(=O)c1ccncc1.Cl. The molecule has 1 aromatic carbocycles. The Bertz CT molecular complexity index is 787. The molecule has 138 valence electrons. The predicted molar refractivity (Wildman–Crippen MR) is 101 cm³/mol. The molecule has 0 aliphatic heterocycles. The summed E-state index contributed by atoms with van der Waals surface area (Å²) in [5, 5.41) is 2.37. The van der Waals surface area contributed by atoms with Crippen LogP contribution in [0.1, 0.15) is 27.1 Å². The lowest BCUT2D eigenvalue weighted by Crippen LogP contribution is -2.28. The van der Waals surface area contributed by atoms with E-state index in [0.29, 0.717) is 16.2 Å². The molecule has 2 amide bonds. The molecule has 0 saturated carbocycles. The van der Waals surface area contributed by atoms with Gasteiger partial charge in [-0.3, -0.25) is 19.4 Å². The van der Waals surface area contributed by atoms with Crippen LogP contribution in [-0.2, 0) is 4.79 Å². The maximum absolute atomic E-state index is 12.4. The lowest BCUT2D eigenvalue weighted by atomic mass is 10.2. The number of carbonyl (C=O) groups is 3. The van der Waals surface area contributed by atoms with E-state index >= 15 is 0 Å². The van der Waals surface area contributed by atoms with Gasteiger partial charge < -0.3 is 15.8 Å². The van der Waals surface area contributed by atoms with E-state index in [1.165, 1.54) is 19.5 Å². The number of ether oxygens (including phenoxy) is 1. The molecular weight excluding hydrogens is 378 g/mol. The minimum Gasteiger partial charge on any atom is -0.496 e. The van der Waals surface area contributed by atoms with Crippen molar-refractivity contribution in [2.24, 2.45) is 5.73 Å². The normalized spacial score (nSPS) is 9.73. The number of primary amides is 1. The molecule has 0 fully saturated rings. The van der Waals surface area contributed by atoms with Crippen molar-refractivity contribution in [1.82, 2.24) is 10.3 Å². The monoisotopic (exact) mass is 395 g/mol. The molecule has 0 saturated heterocycles. The van der Waals surface area contributed by atoms with E-state index in [9.17, 15) is 14.4 Å². The molecular formula is C17H18ClN3O4S. The Morgan fingerprint density at radius 2 is 1.88 bits per heavy atom. The third-order valence-electron chi connectivity index (χ3n) is 3.21. The second-order valence-corrected chi connectivity index (χ2v) is 5.92. The highest BCUT2D eigenvalue weighted by Gasteiger charge is 2.20. The summed E-state index contributed by atoms with van der Waals surface area (Å²) in [4.78, 5) is 39.9. The number of halogens is 1. The van der Waals surface area contributed by atoms with Crippen molar-refractivity contribution in [1.29, 1.82) is 0 Å². The number of thioether (sulfide) groups is 1. The van der Waals surface area contributed by atoms with Crippen molar-refractivity contribution in [3.05, 3.63) is 53.9 Å². The summed E-state index contributed by atoms with van der Waals surface area (Å²) >= 11 is 0.898. The second-order valence-electron chi connectivity index (χ2n) is 4.93. The molecule has 7 nitrogen and oxygen atoms in total. The van der Waals surface area contributed by atoms with E-state index < -0.39 is 11.8 Å². The number of carbonyl (C=O) groups excluding carboxylic acids is 3. The molecule has 26 heavy (non-hydrogen) atoms. The van der Waals surface area contributed by atoms with Gasteiger partial charge >= 0.3 is 0 Å². The topological polar surface area (TPSA) is 111 Å². The number of benzene rings is 1. The van der Waals surface area contributed by atoms with Gasteiger partial charge in [0, 0.05) is 30.9 Å². The largest absolute Gasteiger partial charge is 0.496 e. The van der Waals surface area contributed by atoms with Crippen LogP contribution < -0.4 is 15.8 Å². The number of nitrogens with two attached hydrogens (primary N) is 1. The van der Waals surface area contributed by atoms with Crippen LogP contribution in [0.15, 0.2) is 47.6 Å². The van der Waals surface area contributed by atoms with Gasteiger partial charge in [0.05, 0.1) is 17.6 Å². The zero-order valence-electron chi connectivity index (χ0n) is 13.9. The molecule has 1 heterocycles. The number of nitrogens with one attached hydrogen (secondary N) is 1. The third-order valence-corrected chi connectivity index (χ3v) is 4.26. The summed E-state index contributed by atoms with van der Waals surface area (Å²) in [5.74, 6) is -0.506. The quantitative estimate of drug-likeness (QED) is 0.694. The molecule has 2 rings (SSSR count). The van der Waals surface area contributed by atoms with E-state index in [0.717, 1.165) is 11.8 Å². The average Bonchev–Trinajstić information content (AvgIpc) is 2.62. The van der Waals surface area contributed by atoms with Crippen molar-refractivity contribution in [3.63, 3.8) is 0 Å². The van der Waals surface area contributed by atoms with Crippen LogP contribution in [-0.4, -0.2) is 35.6 Å². The van der Waals surface area contributed by atoms with Gasteiger partial charge in [0.2, 0.25) is 11.0 Å². The Labute approximate surface area is 161 Å². The highest BCUT2D eigenvalue weighted by molar-refractivity contribution is 8.14. The molecule has 3 N–H and O–H groups in total. The number of pyridine rings is 1. The first-order valence-corrected chi connectivity index (χ1v) is 8.20. The van der Waals surface area contributed by atoms with Gasteiger partial charge in [0.15, 0.2) is 0 Å². The molecule has 1 aromatic heterocycles. The number of hydrogen-bond acceptors (Lipinski definition) is 6. The number of methoxy groups -OCH3 is 1. The fourth-order valence-corrected chi connectivity index (χ4v) is 2.96. The standard InChI is InChI=1S/C17H17N3O4S.ClH/c1-24-13-4-2-3-12(16(22)20-10-7-14(18)21)15(13)25-17(23)11-5-8-19-9-6-11;/h2-6,8-9H,7,10H2,1H3,(H2,18,21)(H,20,22);1H. The van der Waals surface area contributed by atoms with Crippen LogP contribution in [0.5, 0.6) is 5.75 Å². The maximum Gasteiger partial charge on any atom is 0.252 e. The van der Waals surface area contributed by atoms with Crippen molar-refractivity contribution in [3.8, 4) is 5.75 Å². The fourth-order valence-electron chi connectivity index (χ4n) is 1.99. The van der Waals surface area contributed by atoms with Gasteiger partial charge in [-0.1, -0.05) is 6.07 Å². The molecule has 0 spiro atoms. The predicted octanol–water partition coefficient (Wildman–Crippen LogP) is 2.05. The van der Waals surface area contributed by atoms with Crippen molar-refractivity contribution >= 4 is 41.1 Å². The van der Waals surface area contributed by atoms with Gasteiger partial charge in [0.1, 0.15) is 5.75 Å². The Balaban J connectivity index is 0.00000338. The lowest BCUT2D eigenvalue weighted by Gasteiger charge is -2.13. The Hall–Kier alpha value is -2.58. The van der Waals surface area contributed by atoms with Crippen LogP contribution in [0.3, 0.4) is 0 Å². The van der Waals surface area contributed by atoms with Crippen molar-refractivity contribution < 1.29 is 19.1 Å². The van der Waals surface area contributed by atoms with Crippen LogP contribution in [0, 0.1) is 0 Å². The Morgan fingerprint density at radius 1 is 1.19 bits per heavy atom. The van der Waals surface area contributed by atoms with Gasteiger partial charge in [-0.25, -0.2) is 0 Å². The summed E-state index contributed by atoms with van der Waals surface area (Å²) in [6, 6.07) is 8.10. The molecule has 0 atom stereocenters. The Kier molecular flexibility index (Phi) is 8.60. The summed E-state index contributed by atoms with van der Waals surface area (Å²) in [6.07, 6.45) is 3.08. The van der Waals surface area contributed by atoms with Gasteiger partial charge in [-0.05, 0) is 36.0 Å². The smallest absolute Gasteiger partial charge is 0.252 e. The number of nitrogens with zero attached hydrogens (tertiary/aromatic N) is 1. The summed E-state index contributed by atoms with van der Waals surface area (Å²) < 4.78 is 5.28. The number of hydrogen-bond donors (Lipinski definition) is 2. The number of rotatable bonds is 7. The zero-order chi connectivity index (χ0) is 18.2. The minimum atomic E-state index is -0.506. The van der Waals surface area contributed by atoms with Gasteiger partial charge in [0.25, 0.3) is 5.91 Å². The molecule has 9 heteroatoms. The van der Waals surface area contributed by atoms with E-state index in [2.05, 4.69) is 10.3 Å². The fraction of sp³-hybridized carbons (Fsp3) is 0.176. The van der Waals surface area contributed by atoms with Crippen LogP contribution in [0.2, 0.25) is 0 Å². The first-order chi connectivity index (χ1) is 12.0. The van der Waals surface area contributed by atoms with Crippen LogP contribution in [0.25, 0.3) is 0 Å². The van der Waals surface area contributed by atoms with Crippen LogP contribution in [0.4, 0.5) is 0 Å².